The molecule has 0 bridgehead atoms. The van der Waals surface area contributed by atoms with Gasteiger partial charge >= 0.3 is 0 Å². The summed E-state index contributed by atoms with van der Waals surface area (Å²) in [6, 6.07) is 20.4. The average Bonchev–Trinajstić information content (AvgIpc) is 3.20. The van der Waals surface area contributed by atoms with Gasteiger partial charge in [0.1, 0.15) is 6.04 Å². The molecule has 0 unspecified atom stereocenters. The van der Waals surface area contributed by atoms with Crippen molar-refractivity contribution in [2.45, 2.75) is 45.2 Å². The lowest BCUT2D eigenvalue weighted by molar-refractivity contribution is -0.141. The van der Waals surface area contributed by atoms with E-state index >= 15 is 0 Å². The second-order valence-corrected chi connectivity index (χ2v) is 10.5. The summed E-state index contributed by atoms with van der Waals surface area (Å²) in [7, 11) is 0. The first kappa shape index (κ1) is 29.3. The van der Waals surface area contributed by atoms with Crippen molar-refractivity contribution in [1.82, 2.24) is 15.1 Å². The predicted molar refractivity (Wildman–Crippen MR) is 155 cm³/mol. The van der Waals surface area contributed by atoms with E-state index in [2.05, 4.69) is 5.32 Å². The van der Waals surface area contributed by atoms with Gasteiger partial charge in [0, 0.05) is 42.5 Å². The second-order valence-electron chi connectivity index (χ2n) is 9.66. The van der Waals surface area contributed by atoms with Crippen molar-refractivity contribution in [2.24, 2.45) is 0 Å². The minimum absolute atomic E-state index is 0.0327. The number of rotatable bonds is 12. The lowest BCUT2D eigenvalue weighted by atomic mass is 10.0. The molecule has 7 nitrogen and oxygen atoms in total. The van der Waals surface area contributed by atoms with Crippen LogP contribution in [0.2, 0.25) is 10.0 Å². The molecule has 9 heteroatoms. The molecule has 0 saturated heterocycles. The molecule has 1 aliphatic rings. The van der Waals surface area contributed by atoms with E-state index < -0.39 is 6.04 Å². The van der Waals surface area contributed by atoms with Gasteiger partial charge in [-0.1, -0.05) is 78.7 Å². The van der Waals surface area contributed by atoms with Crippen molar-refractivity contribution in [3.63, 3.8) is 0 Å². The summed E-state index contributed by atoms with van der Waals surface area (Å²) in [5, 5.41) is 3.79. The highest BCUT2D eigenvalue weighted by atomic mass is 35.5. The van der Waals surface area contributed by atoms with Gasteiger partial charge in [-0.15, -0.1) is 0 Å². The maximum absolute atomic E-state index is 13.8. The number of nitrogens with zero attached hydrogens (tertiary/aromatic N) is 2. The Kier molecular flexibility index (Phi) is 9.96. The monoisotopic (exact) mass is 579 g/mol. The molecule has 0 spiro atoms. The van der Waals surface area contributed by atoms with Crippen LogP contribution in [0.4, 0.5) is 0 Å². The third-order valence-electron chi connectivity index (χ3n) is 6.83. The number of hydrogen-bond acceptors (Lipinski definition) is 4. The van der Waals surface area contributed by atoms with E-state index in [4.69, 9.17) is 23.2 Å². The van der Waals surface area contributed by atoms with Crippen LogP contribution in [-0.2, 0) is 22.6 Å². The van der Waals surface area contributed by atoms with Crippen molar-refractivity contribution >= 4 is 46.8 Å². The Balaban J connectivity index is 1.56. The highest BCUT2D eigenvalue weighted by Gasteiger charge is 2.35. The fourth-order valence-corrected chi connectivity index (χ4v) is 5.20. The van der Waals surface area contributed by atoms with E-state index in [-0.39, 0.29) is 49.6 Å². The molecular formula is C31H31Cl2N3O4. The fourth-order valence-electron chi connectivity index (χ4n) is 4.73. The maximum Gasteiger partial charge on any atom is 0.261 e. The van der Waals surface area contributed by atoms with E-state index in [9.17, 15) is 19.2 Å². The van der Waals surface area contributed by atoms with E-state index in [0.717, 1.165) is 12.0 Å². The first-order valence-electron chi connectivity index (χ1n) is 13.3. The Bertz CT molecular complexity index is 1360. The molecule has 1 heterocycles. The zero-order chi connectivity index (χ0) is 28.6. The third kappa shape index (κ3) is 6.90. The minimum atomic E-state index is -0.799. The molecule has 3 aromatic carbocycles. The molecule has 208 valence electrons. The lowest BCUT2D eigenvalue weighted by Crippen LogP contribution is -2.50. The average molecular weight is 581 g/mol. The SMILES string of the molecule is CCCNC(=O)[C@@H](Cc1ccccc1)N(Cc1ccc(Cl)cc1Cl)C(=O)CCCN1C(=O)c2ccccc2C1=O. The molecule has 1 atom stereocenters. The van der Waals surface area contributed by atoms with Crippen molar-refractivity contribution < 1.29 is 19.2 Å². The normalized spacial score (nSPS) is 13.2. The molecule has 0 fully saturated rings. The Morgan fingerprint density at radius 1 is 0.925 bits per heavy atom. The van der Waals surface area contributed by atoms with Gasteiger partial charge in [-0.25, -0.2) is 0 Å². The van der Waals surface area contributed by atoms with Gasteiger partial charge in [-0.3, -0.25) is 24.1 Å². The van der Waals surface area contributed by atoms with Crippen LogP contribution in [0.3, 0.4) is 0 Å². The first-order valence-corrected chi connectivity index (χ1v) is 14.1. The first-order chi connectivity index (χ1) is 19.3. The molecule has 4 rings (SSSR count). The number of imide groups is 1. The molecule has 0 aliphatic carbocycles. The summed E-state index contributed by atoms with van der Waals surface area (Å²) >= 11 is 12.6. The van der Waals surface area contributed by atoms with Gasteiger partial charge in [0.15, 0.2) is 0 Å². The van der Waals surface area contributed by atoms with Crippen LogP contribution in [0.15, 0.2) is 72.8 Å². The van der Waals surface area contributed by atoms with E-state index in [1.54, 1.807) is 42.5 Å². The number of carbonyl (C=O) groups excluding carboxylic acids is 4. The zero-order valence-electron chi connectivity index (χ0n) is 22.2. The summed E-state index contributed by atoms with van der Waals surface area (Å²) in [5.74, 6) is -1.27. The Morgan fingerprint density at radius 2 is 1.57 bits per heavy atom. The van der Waals surface area contributed by atoms with Crippen molar-refractivity contribution in [1.29, 1.82) is 0 Å². The van der Waals surface area contributed by atoms with Gasteiger partial charge < -0.3 is 10.2 Å². The van der Waals surface area contributed by atoms with Crippen molar-refractivity contribution in [3.05, 3.63) is 105 Å². The second kappa shape index (κ2) is 13.6. The molecule has 0 radical (unpaired) electrons. The molecule has 1 N–H and O–H groups in total. The Morgan fingerprint density at radius 3 is 2.20 bits per heavy atom. The Labute approximate surface area is 244 Å². The fraction of sp³-hybridized carbons (Fsp3) is 0.290. The van der Waals surface area contributed by atoms with Gasteiger partial charge in [-0.05, 0) is 48.2 Å². The largest absolute Gasteiger partial charge is 0.354 e. The van der Waals surface area contributed by atoms with Crippen LogP contribution >= 0.6 is 23.2 Å². The summed E-state index contributed by atoms with van der Waals surface area (Å²) in [4.78, 5) is 55.4. The van der Waals surface area contributed by atoms with Gasteiger partial charge in [0.2, 0.25) is 11.8 Å². The summed E-state index contributed by atoms with van der Waals surface area (Å²) in [5.41, 5.74) is 2.30. The van der Waals surface area contributed by atoms with Gasteiger partial charge in [0.25, 0.3) is 11.8 Å². The van der Waals surface area contributed by atoms with Crippen LogP contribution in [0.5, 0.6) is 0 Å². The van der Waals surface area contributed by atoms with Gasteiger partial charge in [-0.2, -0.15) is 0 Å². The van der Waals surface area contributed by atoms with Crippen LogP contribution < -0.4 is 5.32 Å². The summed E-state index contributed by atoms with van der Waals surface area (Å²) in [6.07, 6.45) is 1.35. The van der Waals surface area contributed by atoms with Crippen LogP contribution in [0.25, 0.3) is 0 Å². The molecule has 4 amide bonds. The number of fused-ring (bicyclic) bond motifs is 1. The van der Waals surface area contributed by atoms with Crippen molar-refractivity contribution in [2.75, 3.05) is 13.1 Å². The van der Waals surface area contributed by atoms with Crippen LogP contribution in [-0.4, -0.2) is 52.6 Å². The number of carbonyl (C=O) groups is 4. The van der Waals surface area contributed by atoms with E-state index in [1.807, 2.05) is 37.3 Å². The standard InChI is InChI=1S/C31H31Cl2N3O4/c1-2-16-34-29(38)27(18-21-9-4-3-5-10-21)36(20-22-14-15-23(32)19-26(22)33)28(37)13-8-17-35-30(39)24-11-6-7-12-25(24)31(35)40/h3-7,9-12,14-15,19,27H,2,8,13,16-18,20H2,1H3,(H,34,38)/t27-/m1/s1. The molecule has 40 heavy (non-hydrogen) atoms. The zero-order valence-corrected chi connectivity index (χ0v) is 23.8. The van der Waals surface area contributed by atoms with Crippen LogP contribution in [0.1, 0.15) is 58.0 Å². The lowest BCUT2D eigenvalue weighted by Gasteiger charge is -2.32. The van der Waals surface area contributed by atoms with Gasteiger partial charge in [0.05, 0.1) is 11.1 Å². The number of halogens is 2. The number of amides is 4. The van der Waals surface area contributed by atoms with Crippen LogP contribution in [0, 0.1) is 0 Å². The molecular weight excluding hydrogens is 549 g/mol. The van der Waals surface area contributed by atoms with E-state index in [0.29, 0.717) is 39.7 Å². The molecule has 1 aliphatic heterocycles. The predicted octanol–water partition coefficient (Wildman–Crippen LogP) is 5.54. The number of nitrogens with one attached hydrogen (secondary N) is 1. The minimum Gasteiger partial charge on any atom is -0.354 e. The highest BCUT2D eigenvalue weighted by Crippen LogP contribution is 2.26. The smallest absolute Gasteiger partial charge is 0.261 e. The highest BCUT2D eigenvalue weighted by molar-refractivity contribution is 6.35. The topological polar surface area (TPSA) is 86.8 Å². The summed E-state index contributed by atoms with van der Waals surface area (Å²) in [6.45, 7) is 2.63. The maximum atomic E-state index is 13.8. The van der Waals surface area contributed by atoms with Crippen molar-refractivity contribution in [3.8, 4) is 0 Å². The molecule has 0 aromatic heterocycles. The third-order valence-corrected chi connectivity index (χ3v) is 7.41. The number of hydrogen-bond donors (Lipinski definition) is 1. The summed E-state index contributed by atoms with van der Waals surface area (Å²) < 4.78 is 0. The molecule has 0 saturated carbocycles. The molecule has 3 aromatic rings. The Hall–Kier alpha value is -3.68. The number of benzene rings is 3. The van der Waals surface area contributed by atoms with E-state index in [1.165, 1.54) is 9.80 Å². The quantitative estimate of drug-likeness (QED) is 0.285.